The molecule has 3 aliphatic rings. The van der Waals surface area contributed by atoms with Crippen LogP contribution < -0.4 is 0 Å². The van der Waals surface area contributed by atoms with Crippen LogP contribution in [0.25, 0.3) is 0 Å². The monoisotopic (exact) mass is 262 g/mol. The summed E-state index contributed by atoms with van der Waals surface area (Å²) >= 11 is 0. The number of allylic oxidation sites excluding steroid dienone is 2. The van der Waals surface area contributed by atoms with E-state index in [1.54, 1.807) is 5.57 Å². The first-order chi connectivity index (χ1) is 8.47. The summed E-state index contributed by atoms with van der Waals surface area (Å²) < 4.78 is 0. The molecule has 0 N–H and O–H groups in total. The Hall–Kier alpha value is -0.590. The number of carbonyl (C=O) groups is 1. The van der Waals surface area contributed by atoms with E-state index in [0.29, 0.717) is 22.5 Å². The molecule has 1 nitrogen and oxygen atoms in total. The van der Waals surface area contributed by atoms with Crippen LogP contribution >= 0.6 is 0 Å². The van der Waals surface area contributed by atoms with E-state index < -0.39 is 0 Å². The molecule has 4 unspecified atom stereocenters. The fourth-order valence-electron chi connectivity index (χ4n) is 5.25. The highest BCUT2D eigenvalue weighted by atomic mass is 16.1. The quantitative estimate of drug-likeness (QED) is 0.551. The SMILES string of the molecule is C.CC1C(=O)CCC2(C)C3=CCCCC3(C)CCC12. The fraction of sp³-hybridized carbons (Fsp3) is 0.833. The Balaban J connectivity index is 0.00000133. The molecule has 0 spiro atoms. The molecule has 3 rings (SSSR count). The Bertz CT molecular complexity index is 408. The molecule has 0 aromatic heterocycles. The van der Waals surface area contributed by atoms with Crippen molar-refractivity contribution in [2.45, 2.75) is 73.1 Å². The average Bonchev–Trinajstić information content (AvgIpc) is 2.34. The van der Waals surface area contributed by atoms with E-state index in [-0.39, 0.29) is 13.3 Å². The van der Waals surface area contributed by atoms with Gasteiger partial charge in [-0.05, 0) is 55.3 Å². The number of rotatable bonds is 0. The van der Waals surface area contributed by atoms with Crippen LogP contribution in [0, 0.1) is 22.7 Å². The van der Waals surface area contributed by atoms with Crippen LogP contribution in [-0.2, 0) is 4.79 Å². The standard InChI is InChI=1S/C17H26O.CH4/c1-12-13-7-10-16(2)9-5-4-6-15(16)17(13,3)11-8-14(12)18;/h6,12-13H,4-5,7-11H2,1-3H3;1H4. The summed E-state index contributed by atoms with van der Waals surface area (Å²) in [7, 11) is 0. The first-order valence-corrected chi connectivity index (χ1v) is 7.71. The number of hydrogen-bond donors (Lipinski definition) is 0. The van der Waals surface area contributed by atoms with E-state index in [4.69, 9.17) is 0 Å². The first-order valence-electron chi connectivity index (χ1n) is 7.71. The van der Waals surface area contributed by atoms with Crippen LogP contribution in [0.3, 0.4) is 0 Å². The molecule has 0 aliphatic heterocycles. The van der Waals surface area contributed by atoms with Crippen LogP contribution in [0.4, 0.5) is 0 Å². The second-order valence-electron chi connectivity index (χ2n) is 7.39. The highest BCUT2D eigenvalue weighted by molar-refractivity contribution is 5.82. The van der Waals surface area contributed by atoms with Crippen molar-refractivity contribution in [2.24, 2.45) is 22.7 Å². The Kier molecular flexibility index (Phi) is 3.70. The van der Waals surface area contributed by atoms with Gasteiger partial charge >= 0.3 is 0 Å². The van der Waals surface area contributed by atoms with Gasteiger partial charge in [0.2, 0.25) is 0 Å². The van der Waals surface area contributed by atoms with Crippen LogP contribution in [0.5, 0.6) is 0 Å². The van der Waals surface area contributed by atoms with E-state index in [1.807, 2.05) is 0 Å². The van der Waals surface area contributed by atoms with Crippen LogP contribution in [0.1, 0.15) is 73.1 Å². The van der Waals surface area contributed by atoms with E-state index >= 15 is 0 Å². The normalized spacial score (nSPS) is 45.6. The smallest absolute Gasteiger partial charge is 0.136 e. The Labute approximate surface area is 118 Å². The molecule has 2 saturated carbocycles. The molecule has 0 bridgehead atoms. The van der Waals surface area contributed by atoms with Crippen molar-refractivity contribution in [1.29, 1.82) is 0 Å². The topological polar surface area (TPSA) is 17.1 Å². The predicted octanol–water partition coefficient (Wildman–Crippen LogP) is 5.15. The van der Waals surface area contributed by atoms with Crippen LogP contribution in [-0.4, -0.2) is 5.78 Å². The Morgan fingerprint density at radius 1 is 1.21 bits per heavy atom. The second kappa shape index (κ2) is 4.75. The van der Waals surface area contributed by atoms with Crippen molar-refractivity contribution in [1.82, 2.24) is 0 Å². The Morgan fingerprint density at radius 3 is 2.68 bits per heavy atom. The molecule has 0 saturated heterocycles. The minimum absolute atomic E-state index is 0. The lowest BCUT2D eigenvalue weighted by Gasteiger charge is -2.57. The van der Waals surface area contributed by atoms with Crippen LogP contribution in [0.15, 0.2) is 11.6 Å². The first kappa shape index (κ1) is 14.8. The minimum Gasteiger partial charge on any atom is -0.299 e. The van der Waals surface area contributed by atoms with Crippen molar-refractivity contribution >= 4 is 5.78 Å². The summed E-state index contributed by atoms with van der Waals surface area (Å²) in [6.45, 7) is 7.10. The molecular formula is C18H30O. The Morgan fingerprint density at radius 2 is 1.95 bits per heavy atom. The van der Waals surface area contributed by atoms with Gasteiger partial charge in [0, 0.05) is 12.3 Å². The summed E-state index contributed by atoms with van der Waals surface area (Å²) in [6, 6.07) is 0. The van der Waals surface area contributed by atoms with Gasteiger partial charge in [-0.2, -0.15) is 0 Å². The van der Waals surface area contributed by atoms with E-state index in [1.165, 1.54) is 32.1 Å². The molecule has 19 heavy (non-hydrogen) atoms. The van der Waals surface area contributed by atoms with Crippen LogP contribution in [0.2, 0.25) is 0 Å². The van der Waals surface area contributed by atoms with Crippen molar-refractivity contribution in [3.05, 3.63) is 11.6 Å². The number of Topliss-reactive ketones (excluding diaryl/α,β-unsaturated/α-hetero) is 1. The maximum Gasteiger partial charge on any atom is 0.136 e. The zero-order chi connectivity index (χ0) is 13.0. The lowest BCUT2D eigenvalue weighted by atomic mass is 9.47. The van der Waals surface area contributed by atoms with Gasteiger partial charge in [-0.15, -0.1) is 0 Å². The summed E-state index contributed by atoms with van der Waals surface area (Å²) in [5, 5.41) is 0. The summed E-state index contributed by atoms with van der Waals surface area (Å²) in [5.74, 6) is 1.41. The molecular weight excluding hydrogens is 232 g/mol. The molecule has 108 valence electrons. The number of hydrogen-bond acceptors (Lipinski definition) is 1. The molecule has 0 aromatic carbocycles. The number of carbonyl (C=O) groups excluding carboxylic acids is 1. The largest absolute Gasteiger partial charge is 0.299 e. The molecule has 4 atom stereocenters. The van der Waals surface area contributed by atoms with Gasteiger partial charge in [-0.1, -0.05) is 39.8 Å². The average molecular weight is 262 g/mol. The van der Waals surface area contributed by atoms with Crippen molar-refractivity contribution < 1.29 is 4.79 Å². The van der Waals surface area contributed by atoms with Gasteiger partial charge in [0.15, 0.2) is 0 Å². The molecule has 0 aromatic rings. The molecule has 0 heterocycles. The molecule has 0 amide bonds. The lowest BCUT2D eigenvalue weighted by Crippen LogP contribution is -2.49. The zero-order valence-electron chi connectivity index (χ0n) is 12.1. The maximum absolute atomic E-state index is 12.0. The molecule has 2 fully saturated rings. The van der Waals surface area contributed by atoms with Crippen molar-refractivity contribution in [2.75, 3.05) is 0 Å². The predicted molar refractivity (Wildman–Crippen MR) is 81.0 cm³/mol. The van der Waals surface area contributed by atoms with Gasteiger partial charge in [0.1, 0.15) is 5.78 Å². The van der Waals surface area contributed by atoms with Gasteiger partial charge < -0.3 is 0 Å². The fourth-order valence-corrected chi connectivity index (χ4v) is 5.25. The zero-order valence-corrected chi connectivity index (χ0v) is 12.1. The highest BCUT2D eigenvalue weighted by Gasteiger charge is 2.54. The van der Waals surface area contributed by atoms with Gasteiger partial charge in [-0.25, -0.2) is 0 Å². The van der Waals surface area contributed by atoms with Crippen molar-refractivity contribution in [3.8, 4) is 0 Å². The highest BCUT2D eigenvalue weighted by Crippen LogP contribution is 2.62. The van der Waals surface area contributed by atoms with Gasteiger partial charge in [0.25, 0.3) is 0 Å². The van der Waals surface area contributed by atoms with Gasteiger partial charge in [-0.3, -0.25) is 4.79 Å². The van der Waals surface area contributed by atoms with Crippen molar-refractivity contribution in [3.63, 3.8) is 0 Å². The number of fused-ring (bicyclic) bond motifs is 3. The van der Waals surface area contributed by atoms with E-state index in [9.17, 15) is 4.79 Å². The van der Waals surface area contributed by atoms with Gasteiger partial charge in [0.05, 0.1) is 0 Å². The van der Waals surface area contributed by atoms with E-state index in [2.05, 4.69) is 26.8 Å². The maximum atomic E-state index is 12.0. The van der Waals surface area contributed by atoms with E-state index in [0.717, 1.165) is 12.8 Å². The minimum atomic E-state index is 0. The second-order valence-corrected chi connectivity index (χ2v) is 7.39. The summed E-state index contributed by atoms with van der Waals surface area (Å²) in [6.07, 6.45) is 11.0. The third-order valence-electron chi connectivity index (χ3n) is 6.37. The molecule has 0 radical (unpaired) electrons. The third kappa shape index (κ3) is 2.00. The summed E-state index contributed by atoms with van der Waals surface area (Å²) in [4.78, 5) is 12.0. The lowest BCUT2D eigenvalue weighted by molar-refractivity contribution is -0.131. The third-order valence-corrected chi connectivity index (χ3v) is 6.37. The molecule has 3 aliphatic carbocycles. The number of ketones is 1. The summed E-state index contributed by atoms with van der Waals surface area (Å²) in [5.41, 5.74) is 2.49. The molecule has 1 heteroatoms.